The van der Waals surface area contributed by atoms with Gasteiger partial charge in [0.2, 0.25) is 0 Å². The molecular formula is C19H24BrN. The van der Waals surface area contributed by atoms with Crippen LogP contribution in [0.3, 0.4) is 0 Å². The van der Waals surface area contributed by atoms with Gasteiger partial charge < -0.3 is 5.32 Å². The number of halogens is 1. The van der Waals surface area contributed by atoms with Gasteiger partial charge in [-0.1, -0.05) is 79.2 Å². The van der Waals surface area contributed by atoms with Crippen LogP contribution in [0, 0.1) is 0 Å². The van der Waals surface area contributed by atoms with Crippen molar-refractivity contribution in [3.05, 3.63) is 70.2 Å². The number of nitrogens with one attached hydrogen (secondary N) is 1. The van der Waals surface area contributed by atoms with Crippen molar-refractivity contribution in [1.29, 1.82) is 0 Å². The molecule has 1 atom stereocenters. The second-order valence-electron chi connectivity index (χ2n) is 6.14. The summed E-state index contributed by atoms with van der Waals surface area (Å²) in [5.41, 5.74) is 2.86. The molecule has 2 rings (SSSR count). The molecule has 0 saturated carbocycles. The lowest BCUT2D eigenvalue weighted by atomic mass is 9.84. The van der Waals surface area contributed by atoms with E-state index < -0.39 is 0 Å². The van der Waals surface area contributed by atoms with Gasteiger partial charge in [0.15, 0.2) is 0 Å². The summed E-state index contributed by atoms with van der Waals surface area (Å²) in [4.78, 5) is 0. The Hall–Kier alpha value is -1.12. The molecule has 0 fully saturated rings. The number of hydrogen-bond acceptors (Lipinski definition) is 1. The molecule has 1 unspecified atom stereocenters. The zero-order valence-electron chi connectivity index (χ0n) is 13.1. The minimum absolute atomic E-state index is 0.129. The minimum Gasteiger partial charge on any atom is -0.309 e. The van der Waals surface area contributed by atoms with Crippen molar-refractivity contribution in [2.24, 2.45) is 0 Å². The second kappa shape index (κ2) is 7.24. The van der Waals surface area contributed by atoms with E-state index in [4.69, 9.17) is 0 Å². The van der Waals surface area contributed by atoms with E-state index in [0.29, 0.717) is 6.04 Å². The van der Waals surface area contributed by atoms with Crippen LogP contribution in [-0.2, 0) is 5.41 Å². The third kappa shape index (κ3) is 4.42. The lowest BCUT2D eigenvalue weighted by molar-refractivity contribution is 0.416. The smallest absolute Gasteiger partial charge is 0.0317 e. The van der Waals surface area contributed by atoms with Gasteiger partial charge in [-0.25, -0.2) is 0 Å². The van der Waals surface area contributed by atoms with Crippen LogP contribution < -0.4 is 5.32 Å². The fourth-order valence-corrected chi connectivity index (χ4v) is 2.83. The van der Waals surface area contributed by atoms with Crippen molar-refractivity contribution >= 4 is 15.9 Å². The Balaban J connectivity index is 2.04. The standard InChI is InChI=1S/C19H24BrN/c1-4-18(15-10-12-17(20)13-11-15)21-14-19(2,3)16-8-6-5-7-9-16/h5-13,18,21H,4,14H2,1-3H3. The number of rotatable bonds is 6. The largest absolute Gasteiger partial charge is 0.309 e. The van der Waals surface area contributed by atoms with Gasteiger partial charge in [-0.15, -0.1) is 0 Å². The van der Waals surface area contributed by atoms with Crippen LogP contribution in [0.1, 0.15) is 44.4 Å². The molecule has 0 aromatic heterocycles. The Morgan fingerprint density at radius 3 is 2.19 bits per heavy atom. The first kappa shape index (κ1) is 16.3. The second-order valence-corrected chi connectivity index (χ2v) is 7.06. The third-order valence-corrected chi connectivity index (χ3v) is 4.55. The van der Waals surface area contributed by atoms with Crippen LogP contribution in [-0.4, -0.2) is 6.54 Å². The molecule has 112 valence electrons. The van der Waals surface area contributed by atoms with Crippen molar-refractivity contribution in [3.8, 4) is 0 Å². The first-order valence-electron chi connectivity index (χ1n) is 7.57. The Bertz CT molecular complexity index is 546. The van der Waals surface area contributed by atoms with E-state index in [2.05, 4.69) is 96.6 Å². The van der Waals surface area contributed by atoms with Crippen molar-refractivity contribution in [2.45, 2.75) is 38.6 Å². The summed E-state index contributed by atoms with van der Waals surface area (Å²) in [6, 6.07) is 19.7. The molecule has 0 aliphatic carbocycles. The normalized spacial score (nSPS) is 13.1. The van der Waals surface area contributed by atoms with Gasteiger partial charge in [0, 0.05) is 22.5 Å². The molecule has 0 amide bonds. The van der Waals surface area contributed by atoms with Crippen LogP contribution >= 0.6 is 15.9 Å². The molecule has 2 aromatic carbocycles. The van der Waals surface area contributed by atoms with E-state index in [1.807, 2.05) is 0 Å². The van der Waals surface area contributed by atoms with Crippen LogP contribution in [0.2, 0.25) is 0 Å². The maximum Gasteiger partial charge on any atom is 0.0317 e. The van der Waals surface area contributed by atoms with Gasteiger partial charge >= 0.3 is 0 Å². The summed E-state index contributed by atoms with van der Waals surface area (Å²) in [7, 11) is 0. The summed E-state index contributed by atoms with van der Waals surface area (Å²) in [5, 5.41) is 3.73. The molecule has 21 heavy (non-hydrogen) atoms. The van der Waals surface area contributed by atoms with Gasteiger partial charge in [-0.2, -0.15) is 0 Å². The summed E-state index contributed by atoms with van der Waals surface area (Å²) in [5.74, 6) is 0. The molecule has 2 aromatic rings. The highest BCUT2D eigenvalue weighted by Gasteiger charge is 2.21. The Morgan fingerprint density at radius 2 is 1.62 bits per heavy atom. The van der Waals surface area contributed by atoms with E-state index in [0.717, 1.165) is 17.4 Å². The van der Waals surface area contributed by atoms with Crippen LogP contribution in [0.5, 0.6) is 0 Å². The van der Waals surface area contributed by atoms with Crippen molar-refractivity contribution < 1.29 is 0 Å². The maximum atomic E-state index is 3.73. The summed E-state index contributed by atoms with van der Waals surface area (Å²) in [6.07, 6.45) is 1.09. The monoisotopic (exact) mass is 345 g/mol. The van der Waals surface area contributed by atoms with Crippen LogP contribution in [0.15, 0.2) is 59.1 Å². The SMILES string of the molecule is CCC(NCC(C)(C)c1ccccc1)c1ccc(Br)cc1. The number of benzene rings is 2. The molecule has 1 nitrogen and oxygen atoms in total. The van der Waals surface area contributed by atoms with Crippen molar-refractivity contribution in [2.75, 3.05) is 6.54 Å². The molecule has 2 heteroatoms. The van der Waals surface area contributed by atoms with E-state index in [9.17, 15) is 0 Å². The van der Waals surface area contributed by atoms with E-state index in [-0.39, 0.29) is 5.41 Å². The average molecular weight is 346 g/mol. The van der Waals surface area contributed by atoms with Crippen molar-refractivity contribution in [1.82, 2.24) is 5.32 Å². The molecule has 0 aliphatic rings. The molecule has 0 radical (unpaired) electrons. The lowest BCUT2D eigenvalue weighted by Crippen LogP contribution is -2.35. The average Bonchev–Trinajstić information content (AvgIpc) is 2.50. The summed E-state index contributed by atoms with van der Waals surface area (Å²) in [6.45, 7) is 7.79. The van der Waals surface area contributed by atoms with Gasteiger partial charge in [-0.05, 0) is 29.7 Å². The highest BCUT2D eigenvalue weighted by molar-refractivity contribution is 9.10. The van der Waals surface area contributed by atoms with E-state index in [1.54, 1.807) is 0 Å². The van der Waals surface area contributed by atoms with Gasteiger partial charge in [0.05, 0.1) is 0 Å². The fourth-order valence-electron chi connectivity index (χ4n) is 2.56. The molecular weight excluding hydrogens is 322 g/mol. The predicted molar refractivity (Wildman–Crippen MR) is 94.6 cm³/mol. The predicted octanol–water partition coefficient (Wildman–Crippen LogP) is 5.47. The van der Waals surface area contributed by atoms with Gasteiger partial charge in [0.1, 0.15) is 0 Å². The Labute approximate surface area is 136 Å². The fraction of sp³-hybridized carbons (Fsp3) is 0.368. The highest BCUT2D eigenvalue weighted by atomic mass is 79.9. The first-order chi connectivity index (χ1) is 10.0. The number of hydrogen-bond donors (Lipinski definition) is 1. The minimum atomic E-state index is 0.129. The topological polar surface area (TPSA) is 12.0 Å². The van der Waals surface area contributed by atoms with E-state index in [1.165, 1.54) is 11.1 Å². The molecule has 0 spiro atoms. The Morgan fingerprint density at radius 1 is 1.00 bits per heavy atom. The Kier molecular flexibility index (Phi) is 5.60. The third-order valence-electron chi connectivity index (χ3n) is 4.03. The highest BCUT2D eigenvalue weighted by Crippen LogP contribution is 2.25. The maximum absolute atomic E-state index is 3.73. The zero-order valence-corrected chi connectivity index (χ0v) is 14.7. The molecule has 1 N–H and O–H groups in total. The van der Waals surface area contributed by atoms with Gasteiger partial charge in [0.25, 0.3) is 0 Å². The van der Waals surface area contributed by atoms with Gasteiger partial charge in [-0.3, -0.25) is 0 Å². The molecule has 0 heterocycles. The molecule has 0 bridgehead atoms. The quantitative estimate of drug-likeness (QED) is 0.732. The van der Waals surface area contributed by atoms with E-state index >= 15 is 0 Å². The summed E-state index contributed by atoms with van der Waals surface area (Å²) < 4.78 is 1.13. The van der Waals surface area contributed by atoms with Crippen LogP contribution in [0.25, 0.3) is 0 Å². The summed E-state index contributed by atoms with van der Waals surface area (Å²) >= 11 is 3.50. The molecule has 0 saturated heterocycles. The van der Waals surface area contributed by atoms with Crippen LogP contribution in [0.4, 0.5) is 0 Å². The zero-order chi connectivity index (χ0) is 15.3. The van der Waals surface area contributed by atoms with Crippen molar-refractivity contribution in [3.63, 3.8) is 0 Å². The first-order valence-corrected chi connectivity index (χ1v) is 8.36. The molecule has 0 aliphatic heterocycles. The lowest BCUT2D eigenvalue weighted by Gasteiger charge is -2.29.